The molecule has 1 atom stereocenters. The molecule has 1 aliphatic heterocycles. The number of hydrogen-bond acceptors (Lipinski definition) is 1. The van der Waals surface area contributed by atoms with Crippen LogP contribution in [0.15, 0.2) is 0 Å². The predicted molar refractivity (Wildman–Crippen MR) is 62.1 cm³/mol. The molecule has 0 saturated carbocycles. The van der Waals surface area contributed by atoms with Crippen molar-refractivity contribution in [3.63, 3.8) is 0 Å². The molecule has 0 amide bonds. The van der Waals surface area contributed by atoms with E-state index in [4.69, 9.17) is 0 Å². The van der Waals surface area contributed by atoms with Gasteiger partial charge in [0.25, 0.3) is 0 Å². The molecule has 2 heterocycles. The lowest BCUT2D eigenvalue weighted by molar-refractivity contribution is 0.621. The van der Waals surface area contributed by atoms with Gasteiger partial charge in [0.2, 0.25) is 0 Å². The molecular formula is C13H20N2. The summed E-state index contributed by atoms with van der Waals surface area (Å²) in [5, 5.41) is 3.63. The second-order valence-electron chi connectivity index (χ2n) is 4.98. The molecule has 0 aromatic carbocycles. The Morgan fingerprint density at radius 3 is 2.80 bits per heavy atom. The molecule has 1 aromatic rings. The summed E-state index contributed by atoms with van der Waals surface area (Å²) in [5.74, 6) is 0. The number of aromatic amines is 1. The number of fused-ring (bicyclic) bond motifs is 1. The minimum atomic E-state index is 0.642. The highest BCUT2D eigenvalue weighted by molar-refractivity contribution is 5.40. The van der Waals surface area contributed by atoms with Crippen molar-refractivity contribution in [3.8, 4) is 0 Å². The monoisotopic (exact) mass is 204 g/mol. The Kier molecular flexibility index (Phi) is 2.32. The van der Waals surface area contributed by atoms with Crippen LogP contribution >= 0.6 is 0 Å². The fourth-order valence-corrected chi connectivity index (χ4v) is 3.26. The summed E-state index contributed by atoms with van der Waals surface area (Å²) >= 11 is 0. The fourth-order valence-electron chi connectivity index (χ4n) is 3.26. The highest BCUT2D eigenvalue weighted by Gasteiger charge is 2.25. The van der Waals surface area contributed by atoms with Gasteiger partial charge in [0.1, 0.15) is 0 Å². The summed E-state index contributed by atoms with van der Waals surface area (Å²) in [7, 11) is 0. The first-order chi connectivity index (χ1) is 7.36. The van der Waals surface area contributed by atoms with Crippen LogP contribution in [0.4, 0.5) is 0 Å². The minimum Gasteiger partial charge on any atom is -0.362 e. The number of H-pyrrole nitrogens is 1. The summed E-state index contributed by atoms with van der Waals surface area (Å²) in [6.45, 7) is 3.44. The second-order valence-corrected chi connectivity index (χ2v) is 4.98. The summed E-state index contributed by atoms with van der Waals surface area (Å²) in [6, 6.07) is 0.642. The Labute approximate surface area is 91.5 Å². The molecule has 1 aromatic heterocycles. The van der Waals surface area contributed by atoms with E-state index in [0.717, 1.165) is 0 Å². The highest BCUT2D eigenvalue weighted by Crippen LogP contribution is 2.34. The van der Waals surface area contributed by atoms with Gasteiger partial charge in [-0.25, -0.2) is 0 Å². The maximum Gasteiger partial charge on any atom is 0.0341 e. The molecule has 2 aliphatic rings. The van der Waals surface area contributed by atoms with Crippen LogP contribution in [0, 0.1) is 6.92 Å². The van der Waals surface area contributed by atoms with E-state index in [9.17, 15) is 0 Å². The molecule has 15 heavy (non-hydrogen) atoms. The van der Waals surface area contributed by atoms with Crippen molar-refractivity contribution in [3.05, 3.63) is 22.5 Å². The first kappa shape index (κ1) is 9.46. The predicted octanol–water partition coefficient (Wildman–Crippen LogP) is 2.63. The fraction of sp³-hybridized carbons (Fsp3) is 0.692. The lowest BCUT2D eigenvalue weighted by atomic mass is 9.91. The van der Waals surface area contributed by atoms with Gasteiger partial charge in [0.15, 0.2) is 0 Å². The van der Waals surface area contributed by atoms with E-state index in [1.54, 1.807) is 11.1 Å². The van der Waals surface area contributed by atoms with Gasteiger partial charge < -0.3 is 10.3 Å². The molecule has 1 fully saturated rings. The summed E-state index contributed by atoms with van der Waals surface area (Å²) in [4.78, 5) is 3.60. The lowest BCUT2D eigenvalue weighted by Gasteiger charge is -2.16. The van der Waals surface area contributed by atoms with Crippen LogP contribution < -0.4 is 5.32 Å². The molecule has 82 valence electrons. The Morgan fingerprint density at radius 1 is 1.13 bits per heavy atom. The van der Waals surface area contributed by atoms with E-state index in [2.05, 4.69) is 17.2 Å². The largest absolute Gasteiger partial charge is 0.362 e. The van der Waals surface area contributed by atoms with Gasteiger partial charge in [-0.15, -0.1) is 0 Å². The molecule has 1 aliphatic carbocycles. The Morgan fingerprint density at radius 2 is 2.00 bits per heavy atom. The van der Waals surface area contributed by atoms with Gasteiger partial charge in [0.05, 0.1) is 0 Å². The van der Waals surface area contributed by atoms with E-state index in [0.29, 0.717) is 6.04 Å². The summed E-state index contributed by atoms with van der Waals surface area (Å²) < 4.78 is 0. The Balaban J connectivity index is 2.01. The summed E-state index contributed by atoms with van der Waals surface area (Å²) in [5.41, 5.74) is 6.21. The number of rotatable bonds is 1. The van der Waals surface area contributed by atoms with Gasteiger partial charge in [-0.2, -0.15) is 0 Å². The summed E-state index contributed by atoms with van der Waals surface area (Å²) in [6.07, 6.45) is 7.97. The van der Waals surface area contributed by atoms with Crippen LogP contribution in [0.3, 0.4) is 0 Å². The highest BCUT2D eigenvalue weighted by atomic mass is 14.9. The number of nitrogens with one attached hydrogen (secondary N) is 2. The quantitative estimate of drug-likeness (QED) is 0.723. The van der Waals surface area contributed by atoms with E-state index >= 15 is 0 Å². The zero-order chi connectivity index (χ0) is 10.3. The van der Waals surface area contributed by atoms with Crippen molar-refractivity contribution in [1.82, 2.24) is 10.3 Å². The molecule has 2 N–H and O–H groups in total. The van der Waals surface area contributed by atoms with Crippen LogP contribution in [0.25, 0.3) is 0 Å². The zero-order valence-corrected chi connectivity index (χ0v) is 9.53. The number of hydrogen-bond donors (Lipinski definition) is 2. The first-order valence-electron chi connectivity index (χ1n) is 6.30. The van der Waals surface area contributed by atoms with E-state index in [1.165, 1.54) is 56.5 Å². The lowest BCUT2D eigenvalue weighted by Crippen LogP contribution is -2.15. The SMILES string of the molecule is Cc1[nH]c2c(c1C1CCCN1)CCCC2. The third kappa shape index (κ3) is 1.51. The minimum absolute atomic E-state index is 0.642. The van der Waals surface area contributed by atoms with Crippen LogP contribution in [0.2, 0.25) is 0 Å². The molecule has 2 nitrogen and oxygen atoms in total. The van der Waals surface area contributed by atoms with Crippen LogP contribution in [-0.2, 0) is 12.8 Å². The molecule has 0 radical (unpaired) electrons. The van der Waals surface area contributed by atoms with Crippen molar-refractivity contribution in [2.24, 2.45) is 0 Å². The molecule has 2 heteroatoms. The van der Waals surface area contributed by atoms with Gasteiger partial charge in [0, 0.05) is 17.4 Å². The van der Waals surface area contributed by atoms with Crippen LogP contribution in [0.5, 0.6) is 0 Å². The van der Waals surface area contributed by atoms with Crippen molar-refractivity contribution in [2.75, 3.05) is 6.54 Å². The maximum atomic E-state index is 3.63. The third-order valence-corrected chi connectivity index (χ3v) is 3.94. The molecule has 3 rings (SSSR count). The van der Waals surface area contributed by atoms with Gasteiger partial charge in [-0.1, -0.05) is 0 Å². The Hall–Kier alpha value is -0.760. The van der Waals surface area contributed by atoms with E-state index in [-0.39, 0.29) is 0 Å². The normalized spacial score (nSPS) is 25.5. The van der Waals surface area contributed by atoms with Crippen LogP contribution in [-0.4, -0.2) is 11.5 Å². The zero-order valence-electron chi connectivity index (χ0n) is 9.53. The maximum absolute atomic E-state index is 3.63. The van der Waals surface area contributed by atoms with Gasteiger partial charge in [-0.3, -0.25) is 0 Å². The Bertz CT molecular complexity index is 359. The molecular weight excluding hydrogens is 184 g/mol. The molecule has 0 spiro atoms. The van der Waals surface area contributed by atoms with Crippen LogP contribution in [0.1, 0.15) is 54.2 Å². The van der Waals surface area contributed by atoms with Crippen molar-refractivity contribution < 1.29 is 0 Å². The van der Waals surface area contributed by atoms with E-state index in [1.807, 2.05) is 0 Å². The van der Waals surface area contributed by atoms with Crippen molar-refractivity contribution in [1.29, 1.82) is 0 Å². The number of aromatic nitrogens is 1. The van der Waals surface area contributed by atoms with Crippen molar-refractivity contribution >= 4 is 0 Å². The third-order valence-electron chi connectivity index (χ3n) is 3.94. The molecule has 1 unspecified atom stereocenters. The topological polar surface area (TPSA) is 27.8 Å². The molecule has 1 saturated heterocycles. The first-order valence-corrected chi connectivity index (χ1v) is 6.30. The second kappa shape index (κ2) is 3.67. The average molecular weight is 204 g/mol. The number of aryl methyl sites for hydroxylation is 2. The van der Waals surface area contributed by atoms with Gasteiger partial charge in [-0.05, 0) is 63.1 Å². The molecule has 0 bridgehead atoms. The van der Waals surface area contributed by atoms with Gasteiger partial charge >= 0.3 is 0 Å². The van der Waals surface area contributed by atoms with E-state index < -0.39 is 0 Å². The smallest absolute Gasteiger partial charge is 0.0341 e. The van der Waals surface area contributed by atoms with Crippen molar-refractivity contribution in [2.45, 2.75) is 51.5 Å². The average Bonchev–Trinajstić information content (AvgIpc) is 2.82. The standard InChI is InChI=1S/C13H20N2/c1-9-13(12-7-4-8-14-12)10-5-2-3-6-11(10)15-9/h12,14-15H,2-8H2,1H3.